The van der Waals surface area contributed by atoms with Gasteiger partial charge in [-0.15, -0.1) is 0 Å². The molecule has 0 spiro atoms. The van der Waals surface area contributed by atoms with Gasteiger partial charge in [0.2, 0.25) is 0 Å². The predicted octanol–water partition coefficient (Wildman–Crippen LogP) is 1.86. The number of esters is 1. The monoisotopic (exact) mass is 352 g/mol. The number of thioether (sulfide) groups is 1. The Morgan fingerprint density at radius 3 is 2.67 bits per heavy atom. The van der Waals surface area contributed by atoms with Gasteiger partial charge in [-0.1, -0.05) is 11.8 Å². The molecule has 0 atom stereocenters. The second kappa shape index (κ2) is 8.58. The number of rotatable bonds is 6. The molecule has 130 valence electrons. The van der Waals surface area contributed by atoms with E-state index in [1.165, 1.54) is 18.9 Å². The standard InChI is InChI=1S/C16H20N2O5S/c1-10(2)23-13-7-11(15(20)18-16-17-4-5-24-16)6-12(8-13)22-9-14(19)21-3/h6-8,10H,4-5,9H2,1-3H3,(H,17,18,20). The minimum absolute atomic E-state index is 0.0634. The third kappa shape index (κ3) is 5.45. The van der Waals surface area contributed by atoms with E-state index < -0.39 is 5.97 Å². The van der Waals surface area contributed by atoms with Crippen molar-refractivity contribution in [3.63, 3.8) is 0 Å². The quantitative estimate of drug-likeness (QED) is 0.787. The number of methoxy groups -OCH3 is 1. The number of hydrogen-bond acceptors (Lipinski definition) is 7. The van der Waals surface area contributed by atoms with Crippen LogP contribution in [0, 0.1) is 0 Å². The molecule has 0 aliphatic carbocycles. The van der Waals surface area contributed by atoms with Gasteiger partial charge in [0.15, 0.2) is 11.8 Å². The molecule has 1 aromatic rings. The van der Waals surface area contributed by atoms with Crippen LogP contribution < -0.4 is 14.8 Å². The lowest BCUT2D eigenvalue weighted by molar-refractivity contribution is -0.142. The number of ether oxygens (including phenoxy) is 3. The van der Waals surface area contributed by atoms with Gasteiger partial charge in [-0.3, -0.25) is 9.79 Å². The zero-order valence-corrected chi connectivity index (χ0v) is 14.6. The molecule has 0 radical (unpaired) electrons. The zero-order chi connectivity index (χ0) is 17.5. The molecule has 2 rings (SSSR count). The van der Waals surface area contributed by atoms with Gasteiger partial charge >= 0.3 is 5.97 Å². The average Bonchev–Trinajstić information content (AvgIpc) is 3.04. The lowest BCUT2D eigenvalue weighted by Crippen LogP contribution is -2.27. The van der Waals surface area contributed by atoms with E-state index in [-0.39, 0.29) is 18.6 Å². The van der Waals surface area contributed by atoms with Crippen molar-refractivity contribution in [1.82, 2.24) is 5.32 Å². The molecule has 1 amide bonds. The number of hydrogen-bond donors (Lipinski definition) is 1. The second-order valence-electron chi connectivity index (χ2n) is 5.21. The van der Waals surface area contributed by atoms with Crippen molar-refractivity contribution in [2.75, 3.05) is 26.0 Å². The van der Waals surface area contributed by atoms with Crippen LogP contribution in [0.3, 0.4) is 0 Å². The van der Waals surface area contributed by atoms with Gasteiger partial charge in [-0.05, 0) is 26.0 Å². The summed E-state index contributed by atoms with van der Waals surface area (Å²) in [5, 5.41) is 3.35. The molecule has 7 nitrogen and oxygen atoms in total. The fourth-order valence-corrected chi connectivity index (χ4v) is 2.63. The molecule has 0 unspecified atom stereocenters. The topological polar surface area (TPSA) is 86.2 Å². The predicted molar refractivity (Wildman–Crippen MR) is 91.9 cm³/mol. The SMILES string of the molecule is COC(=O)COc1cc(OC(C)C)cc(C(=O)NC2=NCCS2)c1. The van der Waals surface area contributed by atoms with Crippen LogP contribution in [0.15, 0.2) is 23.2 Å². The Labute approximate surface area is 144 Å². The summed E-state index contributed by atoms with van der Waals surface area (Å²) >= 11 is 1.50. The van der Waals surface area contributed by atoms with Gasteiger partial charge in [0.1, 0.15) is 11.5 Å². The molecule has 24 heavy (non-hydrogen) atoms. The van der Waals surface area contributed by atoms with E-state index in [4.69, 9.17) is 9.47 Å². The summed E-state index contributed by atoms with van der Waals surface area (Å²) in [7, 11) is 1.28. The second-order valence-corrected chi connectivity index (χ2v) is 6.30. The molecule has 0 aromatic heterocycles. The number of carbonyl (C=O) groups is 2. The third-order valence-corrected chi connectivity index (χ3v) is 3.80. The summed E-state index contributed by atoms with van der Waals surface area (Å²) in [5.74, 6) is 0.885. The van der Waals surface area contributed by atoms with E-state index in [9.17, 15) is 9.59 Å². The molecular weight excluding hydrogens is 332 g/mol. The summed E-state index contributed by atoms with van der Waals surface area (Å²) < 4.78 is 15.5. The molecule has 1 aliphatic heterocycles. The lowest BCUT2D eigenvalue weighted by atomic mass is 10.2. The Morgan fingerprint density at radius 1 is 1.29 bits per heavy atom. The highest BCUT2D eigenvalue weighted by molar-refractivity contribution is 8.14. The Balaban J connectivity index is 2.17. The highest BCUT2D eigenvalue weighted by atomic mass is 32.2. The first-order chi connectivity index (χ1) is 11.5. The first-order valence-electron chi connectivity index (χ1n) is 7.48. The van der Waals surface area contributed by atoms with Crippen molar-refractivity contribution >= 4 is 28.8 Å². The molecule has 8 heteroatoms. The molecule has 1 aromatic carbocycles. The third-order valence-electron chi connectivity index (χ3n) is 2.90. The maximum absolute atomic E-state index is 12.4. The van der Waals surface area contributed by atoms with Crippen molar-refractivity contribution in [1.29, 1.82) is 0 Å². The van der Waals surface area contributed by atoms with Gasteiger partial charge in [0.25, 0.3) is 5.91 Å². The van der Waals surface area contributed by atoms with E-state index in [1.54, 1.807) is 18.2 Å². The van der Waals surface area contributed by atoms with Gasteiger partial charge in [0, 0.05) is 17.4 Å². The van der Waals surface area contributed by atoms with Gasteiger partial charge in [-0.25, -0.2) is 4.79 Å². The molecular formula is C16H20N2O5S. The molecule has 0 saturated carbocycles. The molecule has 0 saturated heterocycles. The molecule has 1 heterocycles. The van der Waals surface area contributed by atoms with Gasteiger partial charge in [0.05, 0.1) is 19.8 Å². The lowest BCUT2D eigenvalue weighted by Gasteiger charge is -2.14. The summed E-state index contributed by atoms with van der Waals surface area (Å²) in [6.07, 6.45) is -0.0634. The van der Waals surface area contributed by atoms with Crippen molar-refractivity contribution in [3.8, 4) is 11.5 Å². The number of benzene rings is 1. The smallest absolute Gasteiger partial charge is 0.343 e. The largest absolute Gasteiger partial charge is 0.491 e. The number of nitrogens with one attached hydrogen (secondary N) is 1. The van der Waals surface area contributed by atoms with E-state index >= 15 is 0 Å². The van der Waals surface area contributed by atoms with Crippen LogP contribution in [0.4, 0.5) is 0 Å². The maximum atomic E-state index is 12.4. The van der Waals surface area contributed by atoms with E-state index in [0.717, 1.165) is 5.75 Å². The van der Waals surface area contributed by atoms with Crippen LogP contribution in [0.5, 0.6) is 11.5 Å². The Bertz CT molecular complexity index is 645. The Morgan fingerprint density at radius 2 is 2.04 bits per heavy atom. The maximum Gasteiger partial charge on any atom is 0.343 e. The minimum atomic E-state index is -0.507. The van der Waals surface area contributed by atoms with Crippen LogP contribution in [0.1, 0.15) is 24.2 Å². The zero-order valence-electron chi connectivity index (χ0n) is 13.8. The number of amidine groups is 1. The van der Waals surface area contributed by atoms with Crippen molar-refractivity contribution in [2.45, 2.75) is 20.0 Å². The highest BCUT2D eigenvalue weighted by Crippen LogP contribution is 2.24. The summed E-state index contributed by atoms with van der Waals surface area (Å²) in [4.78, 5) is 27.8. The normalized spacial score (nSPS) is 13.4. The summed E-state index contributed by atoms with van der Waals surface area (Å²) in [6, 6.07) is 4.80. The van der Waals surface area contributed by atoms with Crippen LogP contribution in [-0.4, -0.2) is 49.2 Å². The van der Waals surface area contributed by atoms with Crippen LogP contribution in [0.2, 0.25) is 0 Å². The van der Waals surface area contributed by atoms with E-state index in [2.05, 4.69) is 15.0 Å². The first kappa shape index (κ1) is 18.1. The molecule has 0 fully saturated rings. The molecule has 0 bridgehead atoms. The van der Waals surface area contributed by atoms with E-state index in [0.29, 0.717) is 28.8 Å². The Hall–Kier alpha value is -2.22. The molecule has 1 aliphatic rings. The average molecular weight is 352 g/mol. The van der Waals surface area contributed by atoms with Crippen molar-refractivity contribution in [3.05, 3.63) is 23.8 Å². The van der Waals surface area contributed by atoms with E-state index in [1.807, 2.05) is 13.8 Å². The van der Waals surface area contributed by atoms with Crippen LogP contribution in [0.25, 0.3) is 0 Å². The van der Waals surface area contributed by atoms with Crippen molar-refractivity contribution in [2.24, 2.45) is 4.99 Å². The van der Waals surface area contributed by atoms with Crippen LogP contribution in [-0.2, 0) is 9.53 Å². The number of carbonyl (C=O) groups excluding carboxylic acids is 2. The molecule has 1 N–H and O–H groups in total. The number of amides is 1. The fourth-order valence-electron chi connectivity index (χ4n) is 1.91. The fraction of sp³-hybridized carbons (Fsp3) is 0.438. The minimum Gasteiger partial charge on any atom is -0.491 e. The summed E-state index contributed by atoms with van der Waals surface area (Å²) in [5.41, 5.74) is 0.364. The first-order valence-corrected chi connectivity index (χ1v) is 8.46. The van der Waals surface area contributed by atoms with Crippen LogP contribution >= 0.6 is 11.8 Å². The van der Waals surface area contributed by atoms with Gasteiger partial charge in [-0.2, -0.15) is 0 Å². The highest BCUT2D eigenvalue weighted by Gasteiger charge is 2.16. The number of nitrogens with zero attached hydrogens (tertiary/aromatic N) is 1. The van der Waals surface area contributed by atoms with Crippen molar-refractivity contribution < 1.29 is 23.8 Å². The van der Waals surface area contributed by atoms with Gasteiger partial charge < -0.3 is 19.5 Å². The summed E-state index contributed by atoms with van der Waals surface area (Å²) in [6.45, 7) is 4.22. The number of aliphatic imine (C=N–C) groups is 1. The Kier molecular flexibility index (Phi) is 6.48.